The molecule has 2 fully saturated rings. The number of carbonyl (C=O) groups is 2. The number of hydrogen-bond acceptors (Lipinski definition) is 6. The molecule has 0 bridgehead atoms. The SMILES string of the molecule is Cc1cc(-c2csc(NC(=O)CN3CCSC3=O)n2)c(C)n1C[C@@H]1CCCO1. The van der Waals surface area contributed by atoms with Crippen molar-refractivity contribution in [3.05, 3.63) is 22.8 Å². The Labute approximate surface area is 172 Å². The second-order valence-electron chi connectivity index (χ2n) is 7.15. The summed E-state index contributed by atoms with van der Waals surface area (Å²) in [5, 5.41) is 5.31. The van der Waals surface area contributed by atoms with Crippen molar-refractivity contribution >= 4 is 39.4 Å². The number of aryl methyl sites for hydroxylation is 1. The van der Waals surface area contributed by atoms with Crippen LogP contribution in [-0.4, -0.2) is 57.2 Å². The molecule has 1 atom stereocenters. The van der Waals surface area contributed by atoms with Crippen LogP contribution in [0, 0.1) is 13.8 Å². The van der Waals surface area contributed by atoms with Gasteiger partial charge in [-0.15, -0.1) is 11.3 Å². The first-order valence-corrected chi connectivity index (χ1v) is 11.3. The number of thioether (sulfide) groups is 1. The monoisotopic (exact) mass is 420 g/mol. The summed E-state index contributed by atoms with van der Waals surface area (Å²) in [6, 6.07) is 2.14. The van der Waals surface area contributed by atoms with Crippen molar-refractivity contribution in [3.8, 4) is 11.3 Å². The first kappa shape index (κ1) is 19.5. The fraction of sp³-hybridized carbons (Fsp3) is 0.526. The highest BCUT2D eigenvalue weighted by molar-refractivity contribution is 8.13. The second-order valence-corrected chi connectivity index (χ2v) is 9.06. The predicted molar refractivity (Wildman–Crippen MR) is 112 cm³/mol. The number of thiazole rings is 1. The number of nitrogens with zero attached hydrogens (tertiary/aromatic N) is 3. The van der Waals surface area contributed by atoms with Gasteiger partial charge in [0.25, 0.3) is 5.24 Å². The summed E-state index contributed by atoms with van der Waals surface area (Å²) in [6.07, 6.45) is 2.53. The molecule has 0 saturated carbocycles. The van der Waals surface area contributed by atoms with E-state index in [4.69, 9.17) is 4.74 Å². The molecule has 2 aliphatic rings. The van der Waals surface area contributed by atoms with Gasteiger partial charge < -0.3 is 19.5 Å². The lowest BCUT2D eigenvalue weighted by molar-refractivity contribution is -0.116. The van der Waals surface area contributed by atoms with E-state index in [1.165, 1.54) is 28.8 Å². The van der Waals surface area contributed by atoms with Crippen LogP contribution in [-0.2, 0) is 16.1 Å². The summed E-state index contributed by atoms with van der Waals surface area (Å²) in [5.74, 6) is 0.537. The summed E-state index contributed by atoms with van der Waals surface area (Å²) in [4.78, 5) is 30.0. The Balaban J connectivity index is 1.43. The first-order chi connectivity index (χ1) is 13.5. The topological polar surface area (TPSA) is 76.5 Å². The number of rotatable bonds is 6. The average molecular weight is 421 g/mol. The van der Waals surface area contributed by atoms with Gasteiger partial charge in [0.2, 0.25) is 5.91 Å². The molecule has 9 heteroatoms. The third-order valence-electron chi connectivity index (χ3n) is 5.19. The van der Waals surface area contributed by atoms with Crippen LogP contribution in [0.25, 0.3) is 11.3 Å². The molecule has 0 spiro atoms. The normalized spacial score (nSPS) is 19.6. The quantitative estimate of drug-likeness (QED) is 0.774. The smallest absolute Gasteiger partial charge is 0.282 e. The van der Waals surface area contributed by atoms with Crippen LogP contribution in [0.15, 0.2) is 11.4 Å². The Hall–Kier alpha value is -1.84. The van der Waals surface area contributed by atoms with Crippen molar-refractivity contribution < 1.29 is 14.3 Å². The lowest BCUT2D eigenvalue weighted by Gasteiger charge is -2.14. The Bertz CT molecular complexity index is 886. The molecule has 0 aliphatic carbocycles. The minimum absolute atomic E-state index is 0.0336. The lowest BCUT2D eigenvalue weighted by atomic mass is 10.2. The summed E-state index contributed by atoms with van der Waals surface area (Å²) in [7, 11) is 0. The van der Waals surface area contributed by atoms with Crippen LogP contribution < -0.4 is 5.32 Å². The van der Waals surface area contributed by atoms with Gasteiger partial charge in [0.05, 0.1) is 11.8 Å². The van der Waals surface area contributed by atoms with Gasteiger partial charge >= 0.3 is 0 Å². The average Bonchev–Trinajstić information content (AvgIpc) is 3.43. The Morgan fingerprint density at radius 2 is 2.29 bits per heavy atom. The third kappa shape index (κ3) is 4.11. The number of amides is 2. The van der Waals surface area contributed by atoms with E-state index in [-0.39, 0.29) is 23.8 Å². The molecule has 7 nitrogen and oxygen atoms in total. The van der Waals surface area contributed by atoms with Crippen molar-refractivity contribution in [2.45, 2.75) is 39.3 Å². The number of aromatic nitrogens is 2. The van der Waals surface area contributed by atoms with Crippen molar-refractivity contribution in [2.24, 2.45) is 0 Å². The van der Waals surface area contributed by atoms with E-state index in [0.29, 0.717) is 11.7 Å². The summed E-state index contributed by atoms with van der Waals surface area (Å²) >= 11 is 2.66. The van der Waals surface area contributed by atoms with Crippen molar-refractivity contribution in [3.63, 3.8) is 0 Å². The highest BCUT2D eigenvalue weighted by Crippen LogP contribution is 2.31. The van der Waals surface area contributed by atoms with Gasteiger partial charge in [0.15, 0.2) is 5.13 Å². The van der Waals surface area contributed by atoms with Gasteiger partial charge in [0, 0.05) is 47.8 Å². The van der Waals surface area contributed by atoms with E-state index in [9.17, 15) is 9.59 Å². The second kappa shape index (κ2) is 8.26. The molecule has 1 N–H and O–H groups in total. The van der Waals surface area contributed by atoms with Gasteiger partial charge in [-0.1, -0.05) is 11.8 Å². The van der Waals surface area contributed by atoms with Crippen molar-refractivity contribution in [1.82, 2.24) is 14.5 Å². The fourth-order valence-electron chi connectivity index (χ4n) is 3.69. The number of carbonyl (C=O) groups excluding carboxylic acids is 2. The van der Waals surface area contributed by atoms with Crippen LogP contribution in [0.4, 0.5) is 9.93 Å². The molecule has 4 rings (SSSR count). The Morgan fingerprint density at radius 1 is 1.43 bits per heavy atom. The van der Waals surface area contributed by atoms with E-state index in [1.54, 1.807) is 4.90 Å². The number of nitrogens with one attached hydrogen (secondary N) is 1. The molecule has 4 heterocycles. The van der Waals surface area contributed by atoms with Crippen LogP contribution >= 0.6 is 23.1 Å². The van der Waals surface area contributed by atoms with Crippen molar-refractivity contribution in [2.75, 3.05) is 30.8 Å². The van der Waals surface area contributed by atoms with Gasteiger partial charge in [-0.2, -0.15) is 0 Å². The molecule has 2 amide bonds. The molecule has 0 radical (unpaired) electrons. The van der Waals surface area contributed by atoms with Crippen LogP contribution in [0.3, 0.4) is 0 Å². The lowest BCUT2D eigenvalue weighted by Crippen LogP contribution is -2.33. The molecular weight excluding hydrogens is 396 g/mol. The summed E-state index contributed by atoms with van der Waals surface area (Å²) in [6.45, 7) is 6.63. The molecule has 150 valence electrons. The maximum Gasteiger partial charge on any atom is 0.282 e. The number of anilines is 1. The van der Waals surface area contributed by atoms with E-state index in [2.05, 4.69) is 34.8 Å². The van der Waals surface area contributed by atoms with Gasteiger partial charge in [-0.25, -0.2) is 4.98 Å². The van der Waals surface area contributed by atoms with Crippen LogP contribution in [0.1, 0.15) is 24.2 Å². The molecule has 28 heavy (non-hydrogen) atoms. The molecule has 2 aromatic rings. The van der Waals surface area contributed by atoms with Crippen molar-refractivity contribution in [1.29, 1.82) is 0 Å². The van der Waals surface area contributed by atoms with Crippen LogP contribution in [0.2, 0.25) is 0 Å². The number of hydrogen-bond donors (Lipinski definition) is 1. The van der Waals surface area contributed by atoms with Gasteiger partial charge in [-0.05, 0) is 32.8 Å². The first-order valence-electron chi connectivity index (χ1n) is 9.47. The minimum atomic E-state index is -0.208. The molecule has 2 aromatic heterocycles. The maximum absolute atomic E-state index is 12.2. The van der Waals surface area contributed by atoms with Gasteiger partial charge in [-0.3, -0.25) is 9.59 Å². The zero-order valence-corrected chi connectivity index (χ0v) is 17.7. The zero-order chi connectivity index (χ0) is 19.7. The van der Waals surface area contributed by atoms with Crippen LogP contribution in [0.5, 0.6) is 0 Å². The molecule has 0 unspecified atom stereocenters. The molecule has 2 aliphatic heterocycles. The highest BCUT2D eigenvalue weighted by atomic mass is 32.2. The standard InChI is InChI=1S/C19H24N4O3S2/c1-12-8-15(13(2)23(12)9-14-4-3-6-26-14)16-11-28-18(20-16)21-17(24)10-22-5-7-27-19(22)25/h8,11,14H,3-7,9-10H2,1-2H3,(H,20,21,24)/t14-/m0/s1. The highest BCUT2D eigenvalue weighted by Gasteiger charge is 2.24. The summed E-state index contributed by atoms with van der Waals surface area (Å²) < 4.78 is 8.07. The third-order valence-corrected chi connectivity index (χ3v) is 6.84. The minimum Gasteiger partial charge on any atom is -0.376 e. The van der Waals surface area contributed by atoms with E-state index in [1.807, 2.05) is 5.38 Å². The largest absolute Gasteiger partial charge is 0.376 e. The summed E-state index contributed by atoms with van der Waals surface area (Å²) in [5.41, 5.74) is 4.29. The van der Waals surface area contributed by atoms with E-state index < -0.39 is 0 Å². The Kier molecular flexibility index (Phi) is 5.75. The predicted octanol–water partition coefficient (Wildman–Crippen LogP) is 3.51. The maximum atomic E-state index is 12.2. The Morgan fingerprint density at radius 3 is 3.00 bits per heavy atom. The molecule has 2 saturated heterocycles. The van der Waals surface area contributed by atoms with Gasteiger partial charge in [0.1, 0.15) is 6.54 Å². The van der Waals surface area contributed by atoms with E-state index in [0.717, 1.165) is 48.7 Å². The number of ether oxygens (including phenoxy) is 1. The molecular formula is C19H24N4O3S2. The van der Waals surface area contributed by atoms with E-state index >= 15 is 0 Å². The molecule has 0 aromatic carbocycles. The fourth-order valence-corrected chi connectivity index (χ4v) is 5.24. The zero-order valence-electron chi connectivity index (χ0n) is 16.1.